The van der Waals surface area contributed by atoms with E-state index in [1.165, 1.54) is 33.2 Å². The van der Waals surface area contributed by atoms with E-state index in [-0.39, 0.29) is 5.56 Å². The molecule has 0 atom stereocenters. The molecule has 0 radical (unpaired) electrons. The number of H-pyrrole nitrogens is 1. The standard InChI is InChI=1S/C11H9IN2OS/c12-9-3-1-8(2-4-9)7-16-11-13-6-5-10(15)14-11/h1-6H,7H2,(H,13,14,15). The minimum absolute atomic E-state index is 0.111. The van der Waals surface area contributed by atoms with Crippen LogP contribution in [0, 0.1) is 3.57 Å². The summed E-state index contributed by atoms with van der Waals surface area (Å²) in [5, 5.41) is 0.658. The Labute approximate surface area is 111 Å². The minimum Gasteiger partial charge on any atom is -0.301 e. The summed E-state index contributed by atoms with van der Waals surface area (Å²) in [6.07, 6.45) is 1.52. The maximum Gasteiger partial charge on any atom is 0.251 e. The van der Waals surface area contributed by atoms with E-state index in [9.17, 15) is 4.79 Å². The van der Waals surface area contributed by atoms with Crippen LogP contribution in [0.2, 0.25) is 0 Å². The fraction of sp³-hybridized carbons (Fsp3) is 0.0909. The number of hydrogen-bond donors (Lipinski definition) is 1. The predicted molar refractivity (Wildman–Crippen MR) is 73.6 cm³/mol. The summed E-state index contributed by atoms with van der Waals surface area (Å²) in [6, 6.07) is 9.70. The third-order valence-corrected chi connectivity index (χ3v) is 3.61. The third-order valence-electron chi connectivity index (χ3n) is 1.94. The molecular formula is C11H9IN2OS. The summed E-state index contributed by atoms with van der Waals surface area (Å²) in [5.41, 5.74) is 1.11. The molecule has 1 heterocycles. The van der Waals surface area contributed by atoms with Gasteiger partial charge >= 0.3 is 0 Å². The Balaban J connectivity index is 2.02. The zero-order valence-electron chi connectivity index (χ0n) is 8.31. The molecule has 1 aromatic carbocycles. The number of halogens is 1. The molecule has 0 aliphatic heterocycles. The molecule has 5 heteroatoms. The van der Waals surface area contributed by atoms with Gasteiger partial charge in [0, 0.05) is 21.6 Å². The Hall–Kier alpha value is -0.820. The molecule has 16 heavy (non-hydrogen) atoms. The van der Waals surface area contributed by atoms with Crippen molar-refractivity contribution >= 4 is 34.4 Å². The van der Waals surface area contributed by atoms with E-state index in [0.717, 1.165) is 5.75 Å². The van der Waals surface area contributed by atoms with Crippen LogP contribution in [0.1, 0.15) is 5.56 Å². The molecule has 0 saturated heterocycles. The molecule has 0 fully saturated rings. The Kier molecular flexibility index (Phi) is 4.00. The fourth-order valence-electron chi connectivity index (χ4n) is 1.16. The highest BCUT2D eigenvalue weighted by molar-refractivity contribution is 14.1. The van der Waals surface area contributed by atoms with Gasteiger partial charge in [0.25, 0.3) is 5.56 Å². The van der Waals surface area contributed by atoms with Crippen LogP contribution in [0.4, 0.5) is 0 Å². The number of thioether (sulfide) groups is 1. The molecule has 0 aliphatic rings. The molecule has 0 amide bonds. The largest absolute Gasteiger partial charge is 0.301 e. The van der Waals surface area contributed by atoms with Gasteiger partial charge in [-0.3, -0.25) is 4.79 Å². The van der Waals surface area contributed by atoms with Crippen LogP contribution in [0.25, 0.3) is 0 Å². The lowest BCUT2D eigenvalue weighted by molar-refractivity contribution is 0.936. The number of aromatic amines is 1. The molecular weight excluding hydrogens is 335 g/mol. The first-order valence-electron chi connectivity index (χ1n) is 4.66. The molecule has 0 bridgehead atoms. The minimum atomic E-state index is -0.111. The van der Waals surface area contributed by atoms with Gasteiger partial charge in [0.1, 0.15) is 0 Å². The summed E-state index contributed by atoms with van der Waals surface area (Å²) < 4.78 is 1.22. The van der Waals surface area contributed by atoms with Crippen LogP contribution in [0.3, 0.4) is 0 Å². The summed E-state index contributed by atoms with van der Waals surface area (Å²) in [4.78, 5) is 17.8. The first-order chi connectivity index (χ1) is 7.74. The van der Waals surface area contributed by atoms with Crippen LogP contribution >= 0.6 is 34.4 Å². The lowest BCUT2D eigenvalue weighted by Gasteiger charge is -2.00. The van der Waals surface area contributed by atoms with Crippen molar-refractivity contribution in [2.45, 2.75) is 10.9 Å². The van der Waals surface area contributed by atoms with Crippen molar-refractivity contribution in [1.29, 1.82) is 0 Å². The number of nitrogens with zero attached hydrogens (tertiary/aromatic N) is 1. The molecule has 0 unspecified atom stereocenters. The zero-order chi connectivity index (χ0) is 11.4. The number of benzene rings is 1. The van der Waals surface area contributed by atoms with Crippen LogP contribution in [-0.4, -0.2) is 9.97 Å². The third kappa shape index (κ3) is 3.34. The van der Waals surface area contributed by atoms with Crippen molar-refractivity contribution in [3.8, 4) is 0 Å². The highest BCUT2D eigenvalue weighted by atomic mass is 127. The van der Waals surface area contributed by atoms with Crippen molar-refractivity contribution in [2.24, 2.45) is 0 Å². The highest BCUT2D eigenvalue weighted by Gasteiger charge is 1.98. The van der Waals surface area contributed by atoms with E-state index in [1.54, 1.807) is 0 Å². The molecule has 0 spiro atoms. The Morgan fingerprint density at radius 1 is 1.25 bits per heavy atom. The van der Waals surface area contributed by atoms with Gasteiger partial charge in [-0.2, -0.15) is 0 Å². The predicted octanol–water partition coefficient (Wildman–Crippen LogP) is 2.67. The molecule has 0 aliphatic carbocycles. The second-order valence-electron chi connectivity index (χ2n) is 3.15. The van der Waals surface area contributed by atoms with E-state index < -0.39 is 0 Å². The SMILES string of the molecule is O=c1ccnc(SCc2ccc(I)cc2)[nH]1. The zero-order valence-corrected chi connectivity index (χ0v) is 11.3. The Morgan fingerprint density at radius 2 is 2.00 bits per heavy atom. The average Bonchev–Trinajstić information content (AvgIpc) is 2.28. The maximum atomic E-state index is 11.0. The molecule has 2 rings (SSSR count). The van der Waals surface area contributed by atoms with E-state index >= 15 is 0 Å². The van der Waals surface area contributed by atoms with Crippen molar-refractivity contribution in [3.05, 3.63) is 56.0 Å². The van der Waals surface area contributed by atoms with Crippen LogP contribution in [0.5, 0.6) is 0 Å². The van der Waals surface area contributed by atoms with Gasteiger partial charge in [-0.05, 0) is 40.3 Å². The van der Waals surface area contributed by atoms with Gasteiger partial charge in [-0.1, -0.05) is 23.9 Å². The molecule has 1 aromatic heterocycles. The Bertz CT molecular complexity index is 524. The molecule has 2 aromatic rings. The summed E-state index contributed by atoms with van der Waals surface area (Å²) in [5.74, 6) is 0.809. The van der Waals surface area contributed by atoms with Crippen molar-refractivity contribution in [2.75, 3.05) is 0 Å². The lowest BCUT2D eigenvalue weighted by atomic mass is 10.2. The van der Waals surface area contributed by atoms with Gasteiger partial charge < -0.3 is 4.98 Å². The first-order valence-corrected chi connectivity index (χ1v) is 6.73. The van der Waals surface area contributed by atoms with Crippen LogP contribution < -0.4 is 5.56 Å². The quantitative estimate of drug-likeness (QED) is 0.529. The second-order valence-corrected chi connectivity index (χ2v) is 5.36. The average molecular weight is 344 g/mol. The lowest BCUT2D eigenvalue weighted by Crippen LogP contribution is -2.05. The molecule has 82 valence electrons. The van der Waals surface area contributed by atoms with E-state index in [1.807, 2.05) is 0 Å². The number of hydrogen-bond acceptors (Lipinski definition) is 3. The highest BCUT2D eigenvalue weighted by Crippen LogP contribution is 2.18. The normalized spacial score (nSPS) is 10.3. The van der Waals surface area contributed by atoms with Crippen LogP contribution in [-0.2, 0) is 5.75 Å². The number of nitrogens with one attached hydrogen (secondary N) is 1. The van der Waals surface area contributed by atoms with Crippen molar-refractivity contribution in [1.82, 2.24) is 9.97 Å². The van der Waals surface area contributed by atoms with Gasteiger partial charge in [0.15, 0.2) is 5.16 Å². The summed E-state index contributed by atoms with van der Waals surface area (Å²) in [6.45, 7) is 0. The van der Waals surface area contributed by atoms with Crippen LogP contribution in [0.15, 0.2) is 46.5 Å². The Morgan fingerprint density at radius 3 is 2.69 bits per heavy atom. The molecule has 1 N–H and O–H groups in total. The monoisotopic (exact) mass is 344 g/mol. The number of rotatable bonds is 3. The number of aromatic nitrogens is 2. The van der Waals surface area contributed by atoms with E-state index in [2.05, 4.69) is 56.8 Å². The maximum absolute atomic E-state index is 11.0. The van der Waals surface area contributed by atoms with E-state index in [0.29, 0.717) is 5.16 Å². The van der Waals surface area contributed by atoms with Gasteiger partial charge in [-0.15, -0.1) is 0 Å². The molecule has 0 saturated carbocycles. The summed E-state index contributed by atoms with van der Waals surface area (Å²) >= 11 is 3.80. The van der Waals surface area contributed by atoms with Crippen molar-refractivity contribution in [3.63, 3.8) is 0 Å². The summed E-state index contributed by atoms with van der Waals surface area (Å²) in [7, 11) is 0. The molecule has 3 nitrogen and oxygen atoms in total. The fourth-order valence-corrected chi connectivity index (χ4v) is 2.32. The first kappa shape index (κ1) is 11.7. The topological polar surface area (TPSA) is 45.8 Å². The van der Waals surface area contributed by atoms with Crippen molar-refractivity contribution < 1.29 is 0 Å². The van der Waals surface area contributed by atoms with Gasteiger partial charge in [0.2, 0.25) is 0 Å². The van der Waals surface area contributed by atoms with Gasteiger partial charge in [0.05, 0.1) is 0 Å². The van der Waals surface area contributed by atoms with E-state index in [4.69, 9.17) is 0 Å². The second kappa shape index (κ2) is 5.49. The van der Waals surface area contributed by atoms with Gasteiger partial charge in [-0.25, -0.2) is 4.98 Å². The smallest absolute Gasteiger partial charge is 0.251 e.